The normalized spacial score (nSPS) is 13.2. The lowest BCUT2D eigenvalue weighted by Crippen LogP contribution is -2.51. The van der Waals surface area contributed by atoms with Crippen LogP contribution in [0.15, 0.2) is 61.1 Å². The van der Waals surface area contributed by atoms with Gasteiger partial charge in [-0.05, 0) is 24.3 Å². The molecular formula is C19H12IN7O3. The van der Waals surface area contributed by atoms with Crippen LogP contribution in [0.4, 0.5) is 4.79 Å². The zero-order valence-electron chi connectivity index (χ0n) is 15.2. The summed E-state index contributed by atoms with van der Waals surface area (Å²) in [4.78, 5) is 43.6. The highest BCUT2D eigenvalue weighted by Crippen LogP contribution is 2.26. The SMILES string of the molecule is O=C1c2ccccc2C(=O)N1N(Cc1cncn1I)C(=O)n1nnc2ccccc21. The Kier molecular flexibility index (Phi) is 4.31. The summed E-state index contributed by atoms with van der Waals surface area (Å²) in [5.41, 5.74) is 2.09. The van der Waals surface area contributed by atoms with Crippen molar-refractivity contribution < 1.29 is 14.4 Å². The van der Waals surface area contributed by atoms with E-state index in [1.54, 1.807) is 63.8 Å². The van der Waals surface area contributed by atoms with E-state index >= 15 is 0 Å². The number of halogens is 1. The van der Waals surface area contributed by atoms with Crippen molar-refractivity contribution in [2.24, 2.45) is 0 Å². The van der Waals surface area contributed by atoms with Gasteiger partial charge in [-0.2, -0.15) is 9.69 Å². The second-order valence-electron chi connectivity index (χ2n) is 6.49. The van der Waals surface area contributed by atoms with Crippen molar-refractivity contribution in [1.82, 2.24) is 32.8 Å². The highest BCUT2D eigenvalue weighted by Gasteiger charge is 2.42. The lowest BCUT2D eigenvalue weighted by molar-refractivity contribution is 0.0147. The molecular weight excluding hydrogens is 501 g/mol. The summed E-state index contributed by atoms with van der Waals surface area (Å²) in [6.07, 6.45) is 3.12. The average molecular weight is 513 g/mol. The van der Waals surface area contributed by atoms with Crippen LogP contribution in [0, 0.1) is 0 Å². The molecule has 11 heteroatoms. The maximum absolute atomic E-state index is 13.5. The molecule has 30 heavy (non-hydrogen) atoms. The van der Waals surface area contributed by atoms with E-state index in [0.717, 1.165) is 14.7 Å². The first kappa shape index (κ1) is 18.4. The minimum atomic E-state index is -0.684. The van der Waals surface area contributed by atoms with Crippen molar-refractivity contribution in [3.63, 3.8) is 0 Å². The highest BCUT2D eigenvalue weighted by atomic mass is 127. The first-order chi connectivity index (χ1) is 14.6. The Morgan fingerprint density at radius 3 is 2.33 bits per heavy atom. The molecule has 0 radical (unpaired) electrons. The molecule has 0 spiro atoms. The Bertz CT molecular complexity index is 1290. The van der Waals surface area contributed by atoms with Crippen molar-refractivity contribution in [2.45, 2.75) is 6.54 Å². The molecule has 5 rings (SSSR count). The number of imide groups is 1. The number of imidazole rings is 1. The topological polar surface area (TPSA) is 106 Å². The summed E-state index contributed by atoms with van der Waals surface area (Å²) in [6.45, 7) is -0.0680. The monoisotopic (exact) mass is 513 g/mol. The Balaban J connectivity index is 1.61. The van der Waals surface area contributed by atoms with Gasteiger partial charge in [0.25, 0.3) is 11.8 Å². The van der Waals surface area contributed by atoms with Gasteiger partial charge in [0.05, 0.1) is 57.9 Å². The van der Waals surface area contributed by atoms with Crippen molar-refractivity contribution in [3.05, 3.63) is 77.9 Å². The number of carbonyl (C=O) groups excluding carboxylic acids is 3. The number of carbonyl (C=O) groups is 3. The number of aromatic nitrogens is 5. The molecule has 0 N–H and O–H groups in total. The Labute approximate surface area is 183 Å². The predicted molar refractivity (Wildman–Crippen MR) is 112 cm³/mol. The third-order valence-corrected chi connectivity index (χ3v) is 5.61. The summed E-state index contributed by atoms with van der Waals surface area (Å²) < 4.78 is 2.75. The standard InChI is InChI=1S/C19H12IN7O3/c20-24-11-21-9-12(24)10-25(19(30)26-16-8-4-3-7-15(16)22-23-26)27-17(28)13-5-1-2-6-14(13)18(27)29/h1-9,11H,10H2. The van der Waals surface area contributed by atoms with Crippen LogP contribution >= 0.6 is 22.9 Å². The van der Waals surface area contributed by atoms with Crippen LogP contribution in [0.25, 0.3) is 11.0 Å². The van der Waals surface area contributed by atoms with Crippen LogP contribution in [0.1, 0.15) is 26.4 Å². The molecule has 10 nitrogen and oxygen atoms in total. The fraction of sp³-hybridized carbons (Fsp3) is 0.0526. The number of amides is 3. The average Bonchev–Trinajstić information content (AvgIpc) is 3.44. The first-order valence-corrected chi connectivity index (χ1v) is 9.80. The quantitative estimate of drug-likeness (QED) is 0.308. The van der Waals surface area contributed by atoms with E-state index in [-0.39, 0.29) is 17.7 Å². The summed E-state index contributed by atoms with van der Waals surface area (Å²) in [7, 11) is 0. The number of hydrazine groups is 1. The molecule has 0 bridgehead atoms. The number of benzene rings is 2. The maximum Gasteiger partial charge on any atom is 0.366 e. The van der Waals surface area contributed by atoms with Gasteiger partial charge < -0.3 is 0 Å². The van der Waals surface area contributed by atoms with E-state index in [0.29, 0.717) is 16.7 Å². The van der Waals surface area contributed by atoms with Crippen molar-refractivity contribution in [3.8, 4) is 0 Å². The number of fused-ring (bicyclic) bond motifs is 2. The van der Waals surface area contributed by atoms with Gasteiger partial charge in [-0.1, -0.05) is 29.5 Å². The molecule has 0 saturated heterocycles. The fourth-order valence-corrected chi connectivity index (χ4v) is 3.73. The van der Waals surface area contributed by atoms with Crippen LogP contribution in [0.2, 0.25) is 0 Å². The Morgan fingerprint density at radius 2 is 1.67 bits per heavy atom. The van der Waals surface area contributed by atoms with Crippen LogP contribution in [0.5, 0.6) is 0 Å². The van der Waals surface area contributed by atoms with Crippen LogP contribution in [-0.2, 0) is 6.54 Å². The van der Waals surface area contributed by atoms with Crippen molar-refractivity contribution in [1.29, 1.82) is 0 Å². The molecule has 3 heterocycles. The zero-order chi connectivity index (χ0) is 20.8. The van der Waals surface area contributed by atoms with Gasteiger partial charge in [0.15, 0.2) is 0 Å². The minimum absolute atomic E-state index is 0.0680. The van der Waals surface area contributed by atoms with Crippen molar-refractivity contribution >= 4 is 51.7 Å². The summed E-state index contributed by atoms with van der Waals surface area (Å²) in [5.74, 6) is -1.15. The van der Waals surface area contributed by atoms with Crippen LogP contribution < -0.4 is 0 Å². The molecule has 148 valence electrons. The van der Waals surface area contributed by atoms with Gasteiger partial charge in [-0.3, -0.25) is 12.4 Å². The predicted octanol–water partition coefficient (Wildman–Crippen LogP) is 2.51. The lowest BCUT2D eigenvalue weighted by atomic mass is 10.1. The number of hydrogen-bond donors (Lipinski definition) is 0. The molecule has 2 aromatic carbocycles. The lowest BCUT2D eigenvalue weighted by Gasteiger charge is -2.29. The van der Waals surface area contributed by atoms with Gasteiger partial charge in [-0.15, -0.1) is 5.10 Å². The Morgan fingerprint density at radius 1 is 1.00 bits per heavy atom. The number of nitrogens with zero attached hydrogens (tertiary/aromatic N) is 7. The number of rotatable bonds is 3. The summed E-state index contributed by atoms with van der Waals surface area (Å²) >= 11 is 2.01. The van der Waals surface area contributed by atoms with E-state index in [1.807, 2.05) is 22.9 Å². The van der Waals surface area contributed by atoms with Crippen LogP contribution in [0.3, 0.4) is 0 Å². The molecule has 3 amide bonds. The molecule has 0 fully saturated rings. The molecule has 0 aliphatic carbocycles. The van der Waals surface area contributed by atoms with Gasteiger partial charge in [0, 0.05) is 0 Å². The molecule has 4 aromatic rings. The molecule has 1 aliphatic heterocycles. The smallest absolute Gasteiger partial charge is 0.274 e. The molecule has 0 atom stereocenters. The summed E-state index contributed by atoms with van der Waals surface area (Å²) in [5, 5.41) is 9.86. The summed E-state index contributed by atoms with van der Waals surface area (Å²) in [6, 6.07) is 12.7. The number of hydrogen-bond acceptors (Lipinski definition) is 6. The molecule has 1 aliphatic rings. The van der Waals surface area contributed by atoms with E-state index in [2.05, 4.69) is 15.3 Å². The fourth-order valence-electron chi connectivity index (χ4n) is 3.31. The van der Waals surface area contributed by atoms with E-state index < -0.39 is 17.8 Å². The number of para-hydroxylation sites is 1. The molecule has 2 aromatic heterocycles. The van der Waals surface area contributed by atoms with Gasteiger partial charge >= 0.3 is 6.03 Å². The van der Waals surface area contributed by atoms with E-state index in [1.165, 1.54) is 0 Å². The molecule has 0 unspecified atom stereocenters. The van der Waals surface area contributed by atoms with Crippen LogP contribution in [-0.4, -0.2) is 50.6 Å². The molecule has 0 saturated carbocycles. The second-order valence-corrected chi connectivity index (χ2v) is 7.53. The van der Waals surface area contributed by atoms with Gasteiger partial charge in [0.1, 0.15) is 11.8 Å². The first-order valence-electron chi connectivity index (χ1n) is 8.83. The zero-order valence-corrected chi connectivity index (χ0v) is 17.4. The van der Waals surface area contributed by atoms with E-state index in [4.69, 9.17) is 0 Å². The third kappa shape index (κ3) is 2.77. The maximum atomic E-state index is 13.5. The largest absolute Gasteiger partial charge is 0.366 e. The minimum Gasteiger partial charge on any atom is -0.274 e. The van der Waals surface area contributed by atoms with Gasteiger partial charge in [0.2, 0.25) is 0 Å². The second kappa shape index (κ2) is 7.02. The van der Waals surface area contributed by atoms with Gasteiger partial charge in [-0.25, -0.2) is 14.8 Å². The van der Waals surface area contributed by atoms with Crippen molar-refractivity contribution in [2.75, 3.05) is 0 Å². The van der Waals surface area contributed by atoms with E-state index in [9.17, 15) is 14.4 Å². The Hall–Kier alpha value is -3.61. The third-order valence-electron chi connectivity index (χ3n) is 4.75. The highest BCUT2D eigenvalue weighted by molar-refractivity contribution is 14.1.